The van der Waals surface area contributed by atoms with Gasteiger partial charge in [-0.15, -0.1) is 0 Å². The van der Waals surface area contributed by atoms with Gasteiger partial charge in [0.25, 0.3) is 0 Å². The molecule has 0 aromatic rings. The second-order valence-corrected chi connectivity index (χ2v) is 4.36. The Morgan fingerprint density at radius 2 is 1.71 bits per heavy atom. The van der Waals surface area contributed by atoms with E-state index < -0.39 is 45.1 Å². The van der Waals surface area contributed by atoms with Gasteiger partial charge in [0, 0.05) is 0 Å². The van der Waals surface area contributed by atoms with E-state index in [1.807, 2.05) is 0 Å². The van der Waals surface area contributed by atoms with Crippen LogP contribution in [0.2, 0.25) is 0 Å². The van der Waals surface area contributed by atoms with Crippen LogP contribution >= 0.6 is 7.82 Å². The number of hydrogen-bond acceptors (Lipinski definition) is 9. The molecule has 0 radical (unpaired) electrons. The number of rotatable bonds is 3. The van der Waals surface area contributed by atoms with Crippen molar-refractivity contribution in [2.45, 2.75) is 30.7 Å². The van der Waals surface area contributed by atoms with Crippen LogP contribution in [0.5, 0.6) is 0 Å². The molecule has 4 N–H and O–H groups in total. The molecule has 0 amide bonds. The second-order valence-electron chi connectivity index (χ2n) is 3.25. The van der Waals surface area contributed by atoms with Crippen molar-refractivity contribution in [3.05, 3.63) is 0 Å². The topological polar surface area (TPSA) is 163 Å². The van der Waals surface area contributed by atoms with Crippen molar-refractivity contribution in [1.29, 1.82) is 0 Å². The molecule has 0 aromatic carbocycles. The molecule has 102 valence electrons. The Hall–Kier alpha value is 0.429. The van der Waals surface area contributed by atoms with Gasteiger partial charge in [0.2, 0.25) is 0 Å². The van der Waals surface area contributed by atoms with Gasteiger partial charge in [-0.3, -0.25) is 0 Å². The number of aliphatic hydroxyl groups is 4. The molecule has 1 rings (SSSR count). The molecule has 1 fully saturated rings. The van der Waals surface area contributed by atoms with E-state index in [0.717, 1.165) is 0 Å². The van der Waals surface area contributed by atoms with Crippen molar-refractivity contribution in [3.63, 3.8) is 0 Å². The van der Waals surface area contributed by atoms with Crippen LogP contribution in [0.15, 0.2) is 0 Å². The van der Waals surface area contributed by atoms with Crippen LogP contribution in [0.1, 0.15) is 0 Å². The summed E-state index contributed by atoms with van der Waals surface area (Å²) in [5.41, 5.74) is 0. The van der Waals surface area contributed by atoms with Gasteiger partial charge >= 0.3 is 17.1 Å². The molecule has 0 bridgehead atoms. The molecule has 1 aliphatic rings. The third-order valence-corrected chi connectivity index (χ3v) is 2.55. The zero-order valence-corrected chi connectivity index (χ0v) is 10.2. The van der Waals surface area contributed by atoms with Gasteiger partial charge in [-0.2, -0.15) is 0 Å². The molecule has 1 saturated heterocycles. The maximum absolute atomic E-state index is 10.3. The Labute approximate surface area is 107 Å². The maximum Gasteiger partial charge on any atom is 2.00 e. The van der Waals surface area contributed by atoms with Crippen molar-refractivity contribution in [3.8, 4) is 0 Å². The first-order valence-electron chi connectivity index (χ1n) is 4.27. The zero-order chi connectivity index (χ0) is 12.5. The average molecular weight is 314 g/mol. The van der Waals surface area contributed by atoms with Gasteiger partial charge in [-0.1, -0.05) is 0 Å². The van der Waals surface area contributed by atoms with E-state index in [-0.39, 0.29) is 17.1 Å². The van der Waals surface area contributed by atoms with Gasteiger partial charge in [0.15, 0.2) is 6.29 Å². The standard InChI is InChI=1S/C6H13O9P.Fe/c7-1-2-3(8)4(9)5(10)6(14-2)15-16(11,12)13;/h2-10H,1H2,(H2,11,12,13);/q;+2/p-2/t2-,3-,4+,5-,6-;/m1./s1. The molecule has 17 heavy (non-hydrogen) atoms. The third kappa shape index (κ3) is 4.55. The summed E-state index contributed by atoms with van der Waals surface area (Å²) in [6, 6.07) is 0. The minimum atomic E-state index is -5.41. The fourth-order valence-electron chi connectivity index (χ4n) is 1.28. The monoisotopic (exact) mass is 314 g/mol. The Bertz CT molecular complexity index is 281. The van der Waals surface area contributed by atoms with Crippen molar-refractivity contribution < 1.29 is 61.1 Å². The summed E-state index contributed by atoms with van der Waals surface area (Å²) in [5.74, 6) is 0. The van der Waals surface area contributed by atoms with E-state index in [1.54, 1.807) is 0 Å². The quantitative estimate of drug-likeness (QED) is 0.298. The molecule has 0 unspecified atom stereocenters. The molecule has 0 saturated carbocycles. The minimum Gasteiger partial charge on any atom is -0.790 e. The molecule has 0 aliphatic carbocycles. The van der Waals surface area contributed by atoms with E-state index in [2.05, 4.69) is 9.26 Å². The first-order valence-corrected chi connectivity index (χ1v) is 5.73. The number of ether oxygens (including phenoxy) is 1. The summed E-state index contributed by atoms with van der Waals surface area (Å²) in [7, 11) is -5.41. The van der Waals surface area contributed by atoms with Crippen LogP contribution in [0.25, 0.3) is 0 Å². The van der Waals surface area contributed by atoms with E-state index in [4.69, 9.17) is 5.11 Å². The molecular weight excluding hydrogens is 303 g/mol. The number of phosphoric acid groups is 1. The van der Waals surface area contributed by atoms with Gasteiger partial charge in [-0.25, -0.2) is 0 Å². The van der Waals surface area contributed by atoms with Crippen molar-refractivity contribution in [2.75, 3.05) is 6.61 Å². The molecule has 0 aromatic heterocycles. The van der Waals surface area contributed by atoms with Crippen molar-refractivity contribution in [1.82, 2.24) is 0 Å². The molecular formula is C6H11FeO9P. The van der Waals surface area contributed by atoms with Crippen molar-refractivity contribution in [2.24, 2.45) is 0 Å². The van der Waals surface area contributed by atoms with E-state index in [9.17, 15) is 29.7 Å². The number of aliphatic hydroxyl groups excluding tert-OH is 4. The molecule has 0 spiro atoms. The zero-order valence-electron chi connectivity index (χ0n) is 8.22. The maximum atomic E-state index is 10.3. The van der Waals surface area contributed by atoms with Crippen LogP contribution < -0.4 is 9.79 Å². The van der Waals surface area contributed by atoms with E-state index >= 15 is 0 Å². The average Bonchev–Trinajstić information content (AvgIpc) is 2.17. The first-order chi connectivity index (χ1) is 7.26. The van der Waals surface area contributed by atoms with Crippen LogP contribution in [0.4, 0.5) is 0 Å². The largest absolute Gasteiger partial charge is 2.00 e. The molecule has 9 nitrogen and oxygen atoms in total. The second kappa shape index (κ2) is 6.55. The summed E-state index contributed by atoms with van der Waals surface area (Å²) < 4.78 is 18.7. The summed E-state index contributed by atoms with van der Waals surface area (Å²) in [6.45, 7) is -0.743. The molecule has 1 aliphatic heterocycles. The first kappa shape index (κ1) is 17.4. The Kier molecular flexibility index (Phi) is 6.72. The summed E-state index contributed by atoms with van der Waals surface area (Å²) >= 11 is 0. The number of phosphoric ester groups is 1. The number of hydrogen-bond donors (Lipinski definition) is 4. The van der Waals surface area contributed by atoms with Gasteiger partial charge in [-0.05, 0) is 0 Å². The SMILES string of the molecule is O=P([O-])([O-])O[C@H]1O[C@H](CO)[C@@H](O)[C@H](O)[C@H]1O.[Fe+2]. The molecule has 5 atom stereocenters. The Morgan fingerprint density at radius 1 is 1.18 bits per heavy atom. The third-order valence-electron chi connectivity index (χ3n) is 2.08. The van der Waals surface area contributed by atoms with E-state index in [0.29, 0.717) is 0 Å². The van der Waals surface area contributed by atoms with E-state index in [1.165, 1.54) is 0 Å². The van der Waals surface area contributed by atoms with Gasteiger partial charge in [0.05, 0.1) is 14.4 Å². The predicted octanol–water partition coefficient (Wildman–Crippen LogP) is -4.37. The minimum absolute atomic E-state index is 0. The fraction of sp³-hybridized carbons (Fsp3) is 1.00. The van der Waals surface area contributed by atoms with Crippen LogP contribution in [-0.4, -0.2) is 57.7 Å². The molecule has 11 heteroatoms. The van der Waals surface area contributed by atoms with Crippen LogP contribution in [0, 0.1) is 0 Å². The fourth-order valence-corrected chi connectivity index (χ4v) is 1.71. The summed E-state index contributed by atoms with van der Waals surface area (Å²) in [4.78, 5) is 20.6. The molecule has 1 heterocycles. The summed E-state index contributed by atoms with van der Waals surface area (Å²) in [5, 5.41) is 36.5. The predicted molar refractivity (Wildman–Crippen MR) is 42.5 cm³/mol. The van der Waals surface area contributed by atoms with Gasteiger partial charge < -0.3 is 44.0 Å². The van der Waals surface area contributed by atoms with Crippen molar-refractivity contribution >= 4 is 7.82 Å². The normalized spacial score (nSPS) is 38.6. The van der Waals surface area contributed by atoms with Gasteiger partial charge in [0.1, 0.15) is 24.4 Å². The Balaban J connectivity index is 0.00000256. The van der Waals surface area contributed by atoms with Crippen LogP contribution in [0.3, 0.4) is 0 Å². The van der Waals surface area contributed by atoms with Crippen LogP contribution in [-0.2, 0) is 30.9 Å². The Morgan fingerprint density at radius 3 is 2.12 bits per heavy atom. The smallest absolute Gasteiger partial charge is 0.790 e. The summed E-state index contributed by atoms with van der Waals surface area (Å²) in [6.07, 6.45) is -8.61.